The Morgan fingerprint density at radius 2 is 1.08 bits per heavy atom. The Kier molecular flexibility index (Phi) is 4.76. The molecule has 0 aliphatic heterocycles. The second-order valence-corrected chi connectivity index (χ2v) is 6.07. The molecule has 0 atom stereocenters. The van der Waals surface area contributed by atoms with Crippen LogP contribution in [0.1, 0.15) is 24.2 Å². The lowest BCUT2D eigenvalue weighted by Gasteiger charge is -2.25. The normalized spacial score (nSPS) is 10.6. The predicted octanol–water partition coefficient (Wildman–Crippen LogP) is 6.00. The van der Waals surface area contributed by atoms with Crippen LogP contribution in [0.4, 0.5) is 17.1 Å². The lowest BCUT2D eigenvalue weighted by atomic mass is 10.0. The Morgan fingerprint density at radius 3 is 1.50 bits per heavy atom. The Labute approximate surface area is 143 Å². The van der Waals surface area contributed by atoms with Crippen molar-refractivity contribution in [2.24, 2.45) is 5.92 Å². The summed E-state index contributed by atoms with van der Waals surface area (Å²) in [6.07, 6.45) is 0. The number of hydrogen-bond acceptors (Lipinski definition) is 2. The van der Waals surface area contributed by atoms with Gasteiger partial charge in [0.15, 0.2) is 5.78 Å². The quantitative estimate of drug-likeness (QED) is 0.539. The number of carbonyl (C=O) groups is 1. The van der Waals surface area contributed by atoms with Gasteiger partial charge in [0.05, 0.1) is 0 Å². The molecule has 0 heterocycles. The number of rotatable bonds is 5. The second-order valence-electron chi connectivity index (χ2n) is 6.07. The van der Waals surface area contributed by atoms with Crippen LogP contribution in [-0.2, 0) is 0 Å². The average molecular weight is 315 g/mol. The monoisotopic (exact) mass is 315 g/mol. The smallest absolute Gasteiger partial charge is 0.165 e. The Bertz CT molecular complexity index is 753. The summed E-state index contributed by atoms with van der Waals surface area (Å²) in [6.45, 7) is 3.85. The van der Waals surface area contributed by atoms with Crippen LogP contribution in [0.15, 0.2) is 84.9 Å². The Balaban J connectivity index is 2.02. The van der Waals surface area contributed by atoms with E-state index in [0.717, 1.165) is 22.6 Å². The third kappa shape index (κ3) is 3.38. The van der Waals surface area contributed by atoms with Gasteiger partial charge in [0.1, 0.15) is 0 Å². The topological polar surface area (TPSA) is 20.3 Å². The van der Waals surface area contributed by atoms with E-state index in [-0.39, 0.29) is 11.7 Å². The molecule has 0 saturated heterocycles. The van der Waals surface area contributed by atoms with Gasteiger partial charge in [-0.3, -0.25) is 4.79 Å². The fourth-order valence-electron chi connectivity index (χ4n) is 2.71. The minimum absolute atomic E-state index is 0.00944. The number of ketones is 1. The third-order valence-electron chi connectivity index (χ3n) is 3.96. The first-order valence-electron chi connectivity index (χ1n) is 8.21. The van der Waals surface area contributed by atoms with Gasteiger partial charge in [-0.15, -0.1) is 0 Å². The standard InChI is InChI=1S/C22H21NO/c1-17(2)22(24)18-13-15-21(16-14-18)23(19-9-5-3-6-10-19)20-11-7-4-8-12-20/h3-17H,1-2H3. The van der Waals surface area contributed by atoms with Crippen LogP contribution in [-0.4, -0.2) is 5.78 Å². The van der Waals surface area contributed by atoms with E-state index < -0.39 is 0 Å². The van der Waals surface area contributed by atoms with Gasteiger partial charge < -0.3 is 4.90 Å². The van der Waals surface area contributed by atoms with Gasteiger partial charge >= 0.3 is 0 Å². The molecule has 0 fully saturated rings. The van der Waals surface area contributed by atoms with Gasteiger partial charge in [0.2, 0.25) is 0 Å². The second kappa shape index (κ2) is 7.14. The van der Waals surface area contributed by atoms with Crippen molar-refractivity contribution in [3.63, 3.8) is 0 Å². The fourth-order valence-corrected chi connectivity index (χ4v) is 2.71. The fraction of sp³-hybridized carbons (Fsp3) is 0.136. The van der Waals surface area contributed by atoms with Crippen molar-refractivity contribution in [1.82, 2.24) is 0 Å². The first kappa shape index (κ1) is 16.0. The molecule has 0 aromatic heterocycles. The van der Waals surface area contributed by atoms with Gasteiger partial charge in [0, 0.05) is 28.5 Å². The first-order chi connectivity index (χ1) is 11.7. The van der Waals surface area contributed by atoms with E-state index in [2.05, 4.69) is 29.2 Å². The molecular formula is C22H21NO. The molecule has 0 unspecified atom stereocenters. The van der Waals surface area contributed by atoms with Crippen molar-refractivity contribution in [3.8, 4) is 0 Å². The van der Waals surface area contributed by atoms with Crippen LogP contribution >= 0.6 is 0 Å². The zero-order valence-electron chi connectivity index (χ0n) is 14.0. The van der Waals surface area contributed by atoms with Crippen molar-refractivity contribution >= 4 is 22.8 Å². The molecule has 0 N–H and O–H groups in total. The van der Waals surface area contributed by atoms with Crippen molar-refractivity contribution in [1.29, 1.82) is 0 Å². The Hall–Kier alpha value is -2.87. The summed E-state index contributed by atoms with van der Waals surface area (Å²) in [5.74, 6) is 0.183. The highest BCUT2D eigenvalue weighted by Crippen LogP contribution is 2.34. The molecule has 0 aliphatic carbocycles. The van der Waals surface area contributed by atoms with Crippen LogP contribution in [0, 0.1) is 5.92 Å². The van der Waals surface area contributed by atoms with Gasteiger partial charge in [-0.25, -0.2) is 0 Å². The molecule has 0 amide bonds. The average Bonchev–Trinajstić information content (AvgIpc) is 2.64. The van der Waals surface area contributed by atoms with Crippen molar-refractivity contribution < 1.29 is 4.79 Å². The molecular weight excluding hydrogens is 294 g/mol. The maximum absolute atomic E-state index is 12.2. The maximum Gasteiger partial charge on any atom is 0.165 e. The van der Waals surface area contributed by atoms with Gasteiger partial charge in [0.25, 0.3) is 0 Å². The summed E-state index contributed by atoms with van der Waals surface area (Å²) >= 11 is 0. The van der Waals surface area contributed by atoms with E-state index >= 15 is 0 Å². The number of hydrogen-bond donors (Lipinski definition) is 0. The predicted molar refractivity (Wildman–Crippen MR) is 100 cm³/mol. The van der Waals surface area contributed by atoms with E-state index in [0.29, 0.717) is 0 Å². The molecule has 2 heteroatoms. The summed E-state index contributed by atoms with van der Waals surface area (Å²) in [5.41, 5.74) is 3.97. The number of para-hydroxylation sites is 2. The van der Waals surface area contributed by atoms with Crippen LogP contribution in [0.2, 0.25) is 0 Å². The SMILES string of the molecule is CC(C)C(=O)c1ccc(N(c2ccccc2)c2ccccc2)cc1. The molecule has 0 radical (unpaired) electrons. The molecule has 0 spiro atoms. The lowest BCUT2D eigenvalue weighted by Crippen LogP contribution is -2.11. The minimum atomic E-state index is 0.00944. The van der Waals surface area contributed by atoms with E-state index in [9.17, 15) is 4.79 Å². The molecule has 24 heavy (non-hydrogen) atoms. The van der Waals surface area contributed by atoms with Gasteiger partial charge in [-0.2, -0.15) is 0 Å². The lowest BCUT2D eigenvalue weighted by molar-refractivity contribution is 0.0939. The van der Waals surface area contributed by atoms with Gasteiger partial charge in [-0.05, 0) is 48.5 Å². The number of Topliss-reactive ketones (excluding diaryl/α,β-unsaturated/α-hetero) is 1. The van der Waals surface area contributed by atoms with E-state index in [1.807, 2.05) is 74.5 Å². The summed E-state index contributed by atoms with van der Waals surface area (Å²) in [6, 6.07) is 28.3. The number of anilines is 3. The molecule has 0 aliphatic rings. The number of benzene rings is 3. The number of carbonyl (C=O) groups excluding carboxylic acids is 1. The number of nitrogens with zero attached hydrogens (tertiary/aromatic N) is 1. The molecule has 3 aromatic carbocycles. The summed E-state index contributed by atoms with van der Waals surface area (Å²) in [5, 5.41) is 0. The summed E-state index contributed by atoms with van der Waals surface area (Å²) in [7, 11) is 0. The largest absolute Gasteiger partial charge is 0.311 e. The molecule has 0 saturated carbocycles. The van der Waals surface area contributed by atoms with Crippen molar-refractivity contribution in [2.45, 2.75) is 13.8 Å². The van der Waals surface area contributed by atoms with Crippen LogP contribution < -0.4 is 4.90 Å². The minimum Gasteiger partial charge on any atom is -0.311 e. The Morgan fingerprint density at radius 1 is 0.667 bits per heavy atom. The zero-order valence-corrected chi connectivity index (χ0v) is 14.0. The summed E-state index contributed by atoms with van der Waals surface area (Å²) in [4.78, 5) is 14.3. The van der Waals surface area contributed by atoms with Crippen molar-refractivity contribution in [2.75, 3.05) is 4.90 Å². The van der Waals surface area contributed by atoms with Gasteiger partial charge in [-0.1, -0.05) is 50.2 Å². The highest BCUT2D eigenvalue weighted by Gasteiger charge is 2.14. The van der Waals surface area contributed by atoms with Crippen LogP contribution in [0.25, 0.3) is 0 Å². The van der Waals surface area contributed by atoms with Crippen molar-refractivity contribution in [3.05, 3.63) is 90.5 Å². The maximum atomic E-state index is 12.2. The molecule has 2 nitrogen and oxygen atoms in total. The highest BCUT2D eigenvalue weighted by atomic mass is 16.1. The van der Waals surface area contributed by atoms with Crippen LogP contribution in [0.5, 0.6) is 0 Å². The first-order valence-corrected chi connectivity index (χ1v) is 8.21. The van der Waals surface area contributed by atoms with Crippen LogP contribution in [0.3, 0.4) is 0 Å². The molecule has 3 rings (SSSR count). The summed E-state index contributed by atoms with van der Waals surface area (Å²) < 4.78 is 0. The molecule has 3 aromatic rings. The van der Waals surface area contributed by atoms with E-state index in [1.54, 1.807) is 0 Å². The van der Waals surface area contributed by atoms with E-state index in [4.69, 9.17) is 0 Å². The van der Waals surface area contributed by atoms with E-state index in [1.165, 1.54) is 0 Å². The molecule has 120 valence electrons. The third-order valence-corrected chi connectivity index (χ3v) is 3.96. The highest BCUT2D eigenvalue weighted by molar-refractivity contribution is 5.97. The zero-order chi connectivity index (χ0) is 16.9. The molecule has 0 bridgehead atoms.